The molecule has 0 aromatic heterocycles. The summed E-state index contributed by atoms with van der Waals surface area (Å²) in [6.07, 6.45) is -1.05. The lowest BCUT2D eigenvalue weighted by Crippen LogP contribution is -2.35. The molecule has 0 aliphatic carbocycles. The molecule has 0 radical (unpaired) electrons. The van der Waals surface area contributed by atoms with Crippen molar-refractivity contribution in [3.8, 4) is 0 Å². The highest BCUT2D eigenvalue weighted by atomic mass is 32.2. The van der Waals surface area contributed by atoms with Crippen molar-refractivity contribution in [2.45, 2.75) is 19.9 Å². The number of rotatable bonds is 6. The van der Waals surface area contributed by atoms with Crippen molar-refractivity contribution in [2.75, 3.05) is 18.4 Å². The topological polar surface area (TPSA) is 96.5 Å². The predicted molar refractivity (Wildman–Crippen MR) is 76.6 cm³/mol. The highest BCUT2D eigenvalue weighted by Crippen LogP contribution is 2.23. The van der Waals surface area contributed by atoms with E-state index in [1.54, 1.807) is 16.9 Å². The predicted octanol–water partition coefficient (Wildman–Crippen LogP) is 1.37. The van der Waals surface area contributed by atoms with Gasteiger partial charge in [0.1, 0.15) is 0 Å². The first-order valence-corrected chi connectivity index (χ1v) is 7.58. The van der Waals surface area contributed by atoms with Gasteiger partial charge >= 0.3 is 16.3 Å². The molecule has 20 heavy (non-hydrogen) atoms. The zero-order valence-electron chi connectivity index (χ0n) is 11.6. The van der Waals surface area contributed by atoms with E-state index >= 15 is 0 Å². The SMILES string of the molecule is CCNC(C)c1ccccc1NS(=O)(=O)NC(=O)OC. The van der Waals surface area contributed by atoms with Crippen LogP contribution in [-0.4, -0.2) is 28.2 Å². The quantitative estimate of drug-likeness (QED) is 0.737. The number of ether oxygens (including phenoxy) is 1. The summed E-state index contributed by atoms with van der Waals surface area (Å²) in [5.41, 5.74) is 1.18. The highest BCUT2D eigenvalue weighted by molar-refractivity contribution is 7.91. The lowest BCUT2D eigenvalue weighted by Gasteiger charge is -2.18. The van der Waals surface area contributed by atoms with Crippen LogP contribution in [0.25, 0.3) is 0 Å². The molecule has 1 rings (SSSR count). The van der Waals surface area contributed by atoms with Crippen LogP contribution in [0.3, 0.4) is 0 Å². The van der Waals surface area contributed by atoms with E-state index in [9.17, 15) is 13.2 Å². The normalized spacial score (nSPS) is 12.6. The van der Waals surface area contributed by atoms with Gasteiger partial charge in [-0.3, -0.25) is 4.72 Å². The molecular weight excluding hydrogens is 282 g/mol. The zero-order valence-corrected chi connectivity index (χ0v) is 12.5. The van der Waals surface area contributed by atoms with E-state index < -0.39 is 16.3 Å². The molecule has 0 heterocycles. The molecule has 0 saturated heterocycles. The molecule has 1 amide bonds. The number of benzene rings is 1. The second-order valence-electron chi connectivity index (χ2n) is 4.07. The summed E-state index contributed by atoms with van der Waals surface area (Å²) in [4.78, 5) is 11.0. The molecule has 112 valence electrons. The number of methoxy groups -OCH3 is 1. The lowest BCUT2D eigenvalue weighted by molar-refractivity contribution is 0.177. The minimum absolute atomic E-state index is 0.0305. The first kappa shape index (κ1) is 16.3. The lowest BCUT2D eigenvalue weighted by atomic mass is 10.1. The van der Waals surface area contributed by atoms with Gasteiger partial charge in [0.2, 0.25) is 0 Å². The second kappa shape index (κ2) is 7.11. The molecule has 0 aliphatic heterocycles. The van der Waals surface area contributed by atoms with Crippen molar-refractivity contribution in [1.82, 2.24) is 10.0 Å². The Labute approximate surface area is 118 Å². The van der Waals surface area contributed by atoms with Crippen molar-refractivity contribution in [3.63, 3.8) is 0 Å². The van der Waals surface area contributed by atoms with E-state index in [1.165, 1.54) is 0 Å². The smallest absolute Gasteiger partial charge is 0.422 e. The van der Waals surface area contributed by atoms with Gasteiger partial charge in [-0.2, -0.15) is 8.42 Å². The number of hydrogen-bond donors (Lipinski definition) is 3. The molecule has 1 aromatic carbocycles. The number of nitrogens with one attached hydrogen (secondary N) is 3. The van der Waals surface area contributed by atoms with Crippen LogP contribution < -0.4 is 14.8 Å². The van der Waals surface area contributed by atoms with Gasteiger partial charge in [-0.1, -0.05) is 25.1 Å². The van der Waals surface area contributed by atoms with Gasteiger partial charge in [-0.05, 0) is 25.1 Å². The summed E-state index contributed by atoms with van der Waals surface area (Å²) in [6, 6.07) is 6.92. The van der Waals surface area contributed by atoms with Crippen molar-refractivity contribution >= 4 is 22.0 Å². The zero-order chi connectivity index (χ0) is 15.2. The van der Waals surface area contributed by atoms with Crippen molar-refractivity contribution in [2.24, 2.45) is 0 Å². The molecule has 0 fully saturated rings. The molecule has 0 bridgehead atoms. The Bertz CT molecular complexity index is 560. The fourth-order valence-corrected chi connectivity index (χ4v) is 2.53. The first-order valence-electron chi connectivity index (χ1n) is 6.10. The third-order valence-electron chi connectivity index (χ3n) is 2.59. The van der Waals surface area contributed by atoms with Gasteiger partial charge in [0.15, 0.2) is 0 Å². The molecule has 3 N–H and O–H groups in total. The fraction of sp³-hybridized carbons (Fsp3) is 0.417. The third kappa shape index (κ3) is 4.71. The summed E-state index contributed by atoms with van der Waals surface area (Å²) in [5.74, 6) is 0. The maximum Gasteiger partial charge on any atom is 0.422 e. The Balaban J connectivity index is 2.95. The van der Waals surface area contributed by atoms with E-state index in [-0.39, 0.29) is 6.04 Å². The van der Waals surface area contributed by atoms with Crippen LogP contribution in [0.4, 0.5) is 10.5 Å². The van der Waals surface area contributed by atoms with E-state index in [2.05, 4.69) is 14.8 Å². The fourth-order valence-electron chi connectivity index (χ4n) is 1.71. The van der Waals surface area contributed by atoms with Gasteiger partial charge in [0, 0.05) is 6.04 Å². The van der Waals surface area contributed by atoms with Crippen molar-refractivity contribution in [3.05, 3.63) is 29.8 Å². The minimum Gasteiger partial charge on any atom is -0.452 e. The molecule has 1 atom stereocenters. The Morgan fingerprint density at radius 3 is 2.60 bits per heavy atom. The van der Waals surface area contributed by atoms with Gasteiger partial charge < -0.3 is 10.1 Å². The monoisotopic (exact) mass is 301 g/mol. The summed E-state index contributed by atoms with van der Waals surface area (Å²) in [7, 11) is -2.93. The van der Waals surface area contributed by atoms with Gasteiger partial charge in [0.05, 0.1) is 12.8 Å². The Morgan fingerprint density at radius 1 is 1.35 bits per heavy atom. The number of carbonyl (C=O) groups excluding carboxylic acids is 1. The number of amides is 1. The van der Waals surface area contributed by atoms with Crippen LogP contribution in [0.5, 0.6) is 0 Å². The molecular formula is C12H19N3O4S. The van der Waals surface area contributed by atoms with Gasteiger partial charge in [-0.25, -0.2) is 9.52 Å². The average Bonchev–Trinajstić information content (AvgIpc) is 2.38. The average molecular weight is 301 g/mol. The van der Waals surface area contributed by atoms with E-state index in [0.29, 0.717) is 5.69 Å². The molecule has 1 aromatic rings. The van der Waals surface area contributed by atoms with E-state index in [4.69, 9.17) is 0 Å². The van der Waals surface area contributed by atoms with Crippen molar-refractivity contribution < 1.29 is 17.9 Å². The maximum atomic E-state index is 11.8. The second-order valence-corrected chi connectivity index (χ2v) is 5.48. The van der Waals surface area contributed by atoms with Gasteiger partial charge in [0.25, 0.3) is 0 Å². The summed E-state index contributed by atoms with van der Waals surface area (Å²) < 4.78 is 31.8. The molecule has 0 saturated carbocycles. The maximum absolute atomic E-state index is 11.8. The number of carbonyl (C=O) groups is 1. The molecule has 0 spiro atoms. The Morgan fingerprint density at radius 2 is 2.00 bits per heavy atom. The Hall–Kier alpha value is -1.80. The minimum atomic E-state index is -4.02. The number of para-hydroxylation sites is 1. The van der Waals surface area contributed by atoms with Crippen LogP contribution >= 0.6 is 0 Å². The first-order chi connectivity index (χ1) is 9.39. The van der Waals surface area contributed by atoms with Gasteiger partial charge in [-0.15, -0.1) is 0 Å². The third-order valence-corrected chi connectivity index (χ3v) is 3.51. The number of anilines is 1. The van der Waals surface area contributed by atoms with Crippen LogP contribution in [0.2, 0.25) is 0 Å². The van der Waals surface area contributed by atoms with Crippen LogP contribution in [0.15, 0.2) is 24.3 Å². The largest absolute Gasteiger partial charge is 0.452 e. The highest BCUT2D eigenvalue weighted by Gasteiger charge is 2.17. The van der Waals surface area contributed by atoms with Crippen LogP contribution in [-0.2, 0) is 14.9 Å². The van der Waals surface area contributed by atoms with E-state index in [1.807, 2.05) is 26.0 Å². The van der Waals surface area contributed by atoms with Crippen molar-refractivity contribution in [1.29, 1.82) is 0 Å². The van der Waals surface area contributed by atoms with E-state index in [0.717, 1.165) is 19.2 Å². The molecule has 8 heteroatoms. The molecule has 0 aliphatic rings. The summed E-state index contributed by atoms with van der Waals surface area (Å²) >= 11 is 0. The van der Waals surface area contributed by atoms with Crippen LogP contribution in [0, 0.1) is 0 Å². The van der Waals surface area contributed by atoms with Crippen LogP contribution in [0.1, 0.15) is 25.5 Å². The Kier molecular flexibility index (Phi) is 5.78. The number of hydrogen-bond acceptors (Lipinski definition) is 5. The standard InChI is InChI=1S/C12H19N3O4S/c1-4-13-9(2)10-7-5-6-8-11(10)14-20(17,18)15-12(16)19-3/h5-9,13-14H,4H2,1-3H3,(H,15,16). The molecule has 7 nitrogen and oxygen atoms in total. The molecule has 1 unspecified atom stereocenters. The summed E-state index contributed by atoms with van der Waals surface area (Å²) in [5, 5.41) is 3.19. The summed E-state index contributed by atoms with van der Waals surface area (Å²) in [6.45, 7) is 4.63.